The number of aryl methyl sites for hydroxylation is 2. The van der Waals surface area contributed by atoms with Gasteiger partial charge >= 0.3 is 5.97 Å². The number of furan rings is 1. The SMILES string of the molecule is COc1cccc2cc(C(=O)Oc3cc(C)c4c(c3)O/C(=C\c3ccccc3C)C4=O)oc12. The number of rotatable bonds is 4. The van der Waals surface area contributed by atoms with Crippen molar-refractivity contribution in [3.05, 3.63) is 94.4 Å². The number of para-hydroxylation sites is 1. The van der Waals surface area contributed by atoms with E-state index >= 15 is 0 Å². The molecule has 33 heavy (non-hydrogen) atoms. The molecular weight excluding hydrogens is 420 g/mol. The maximum absolute atomic E-state index is 12.9. The molecule has 6 heteroatoms. The number of esters is 1. The standard InChI is InChI=1S/C27H20O6/c1-15-7-4-5-8-17(15)12-22-25(28)24-16(2)11-19(14-21(24)32-22)31-27(29)23-13-18-9-6-10-20(30-3)26(18)33-23/h4-14H,1-3H3/b22-12-. The van der Waals surface area contributed by atoms with E-state index in [9.17, 15) is 9.59 Å². The molecule has 0 saturated heterocycles. The number of fused-ring (bicyclic) bond motifs is 2. The van der Waals surface area contributed by atoms with Crippen LogP contribution >= 0.6 is 0 Å². The predicted molar refractivity (Wildman–Crippen MR) is 123 cm³/mol. The minimum atomic E-state index is -0.660. The monoisotopic (exact) mass is 440 g/mol. The Labute approximate surface area is 190 Å². The molecule has 0 saturated carbocycles. The van der Waals surface area contributed by atoms with E-state index in [4.69, 9.17) is 18.6 Å². The van der Waals surface area contributed by atoms with Gasteiger partial charge in [0.25, 0.3) is 0 Å². The van der Waals surface area contributed by atoms with Crippen molar-refractivity contribution in [2.45, 2.75) is 13.8 Å². The topological polar surface area (TPSA) is 75.0 Å². The van der Waals surface area contributed by atoms with Gasteiger partial charge in [-0.1, -0.05) is 36.4 Å². The van der Waals surface area contributed by atoms with Crippen LogP contribution in [0, 0.1) is 13.8 Å². The van der Waals surface area contributed by atoms with Crippen LogP contribution < -0.4 is 14.2 Å². The number of ketones is 1. The zero-order chi connectivity index (χ0) is 23.1. The van der Waals surface area contributed by atoms with E-state index in [1.165, 1.54) is 7.11 Å². The molecule has 2 heterocycles. The molecule has 0 atom stereocenters. The van der Waals surface area contributed by atoms with Gasteiger partial charge in [0.1, 0.15) is 11.5 Å². The molecule has 1 aliphatic rings. The van der Waals surface area contributed by atoms with Crippen LogP contribution in [0.4, 0.5) is 0 Å². The van der Waals surface area contributed by atoms with E-state index in [0.29, 0.717) is 28.2 Å². The predicted octanol–water partition coefficient (Wildman–Crippen LogP) is 5.89. The molecule has 0 unspecified atom stereocenters. The van der Waals surface area contributed by atoms with Gasteiger partial charge < -0.3 is 18.6 Å². The van der Waals surface area contributed by atoms with Crippen molar-refractivity contribution in [1.82, 2.24) is 0 Å². The summed E-state index contributed by atoms with van der Waals surface area (Å²) in [4.78, 5) is 25.6. The fraction of sp³-hybridized carbons (Fsp3) is 0.111. The fourth-order valence-electron chi connectivity index (χ4n) is 3.88. The molecule has 1 aliphatic heterocycles. The van der Waals surface area contributed by atoms with Gasteiger partial charge in [-0.15, -0.1) is 0 Å². The van der Waals surface area contributed by atoms with E-state index in [2.05, 4.69) is 0 Å². The number of carbonyl (C=O) groups is 2. The molecule has 0 spiro atoms. The second kappa shape index (κ2) is 7.98. The molecule has 3 aromatic carbocycles. The number of Topliss-reactive ketones (excluding diaryl/α,β-unsaturated/α-hetero) is 1. The lowest BCUT2D eigenvalue weighted by Gasteiger charge is -2.06. The first-order chi connectivity index (χ1) is 15.9. The van der Waals surface area contributed by atoms with Crippen LogP contribution in [0.2, 0.25) is 0 Å². The van der Waals surface area contributed by atoms with E-state index in [1.54, 1.807) is 37.3 Å². The summed E-state index contributed by atoms with van der Waals surface area (Å²) in [6, 6.07) is 17.9. The Morgan fingerprint density at radius 3 is 2.58 bits per heavy atom. The Bertz CT molecular complexity index is 1460. The Balaban J connectivity index is 1.43. The quantitative estimate of drug-likeness (QED) is 0.224. The maximum Gasteiger partial charge on any atom is 0.379 e. The lowest BCUT2D eigenvalue weighted by molar-refractivity contribution is 0.0703. The Kier molecular flexibility index (Phi) is 4.98. The summed E-state index contributed by atoms with van der Waals surface area (Å²) < 4.78 is 22.3. The summed E-state index contributed by atoms with van der Waals surface area (Å²) in [7, 11) is 1.53. The van der Waals surface area contributed by atoms with Crippen LogP contribution in [-0.4, -0.2) is 18.9 Å². The molecule has 4 aromatic rings. The van der Waals surface area contributed by atoms with Crippen LogP contribution in [0.5, 0.6) is 17.2 Å². The maximum atomic E-state index is 12.9. The van der Waals surface area contributed by atoms with Crippen LogP contribution in [0.1, 0.15) is 37.6 Å². The fourth-order valence-corrected chi connectivity index (χ4v) is 3.88. The smallest absolute Gasteiger partial charge is 0.379 e. The van der Waals surface area contributed by atoms with Crippen molar-refractivity contribution >= 4 is 28.8 Å². The Hall–Kier alpha value is -4.32. The molecule has 0 aliphatic carbocycles. The molecule has 0 amide bonds. The summed E-state index contributed by atoms with van der Waals surface area (Å²) >= 11 is 0. The van der Waals surface area contributed by atoms with Gasteiger partial charge in [0.05, 0.1) is 12.7 Å². The average Bonchev–Trinajstić information content (AvgIpc) is 3.37. The van der Waals surface area contributed by atoms with Crippen molar-refractivity contribution in [2.75, 3.05) is 7.11 Å². The molecule has 5 rings (SSSR count). The molecule has 164 valence electrons. The van der Waals surface area contributed by atoms with E-state index < -0.39 is 5.97 Å². The minimum absolute atomic E-state index is 0.0461. The van der Waals surface area contributed by atoms with E-state index in [0.717, 1.165) is 16.5 Å². The Morgan fingerprint density at radius 1 is 0.970 bits per heavy atom. The Morgan fingerprint density at radius 2 is 1.79 bits per heavy atom. The number of hydrogen-bond acceptors (Lipinski definition) is 6. The highest BCUT2D eigenvalue weighted by molar-refractivity contribution is 6.15. The van der Waals surface area contributed by atoms with Crippen molar-refractivity contribution in [2.24, 2.45) is 0 Å². The molecular formula is C27H20O6. The molecule has 0 N–H and O–H groups in total. The van der Waals surface area contributed by atoms with E-state index in [-0.39, 0.29) is 23.1 Å². The van der Waals surface area contributed by atoms with Gasteiger partial charge in [0.15, 0.2) is 17.1 Å². The van der Waals surface area contributed by atoms with Gasteiger partial charge in [-0.25, -0.2) is 4.79 Å². The first-order valence-corrected chi connectivity index (χ1v) is 10.4. The molecule has 6 nitrogen and oxygen atoms in total. The lowest BCUT2D eigenvalue weighted by Crippen LogP contribution is -2.07. The largest absolute Gasteiger partial charge is 0.493 e. The highest BCUT2D eigenvalue weighted by atomic mass is 16.6. The third-order valence-electron chi connectivity index (χ3n) is 5.56. The zero-order valence-electron chi connectivity index (χ0n) is 18.3. The average molecular weight is 440 g/mol. The van der Waals surface area contributed by atoms with Crippen LogP contribution in [-0.2, 0) is 0 Å². The third-order valence-corrected chi connectivity index (χ3v) is 5.56. The van der Waals surface area contributed by atoms with Gasteiger partial charge in [-0.2, -0.15) is 0 Å². The van der Waals surface area contributed by atoms with Gasteiger partial charge in [0.2, 0.25) is 11.5 Å². The van der Waals surface area contributed by atoms with Crippen molar-refractivity contribution in [3.8, 4) is 17.2 Å². The first-order valence-electron chi connectivity index (χ1n) is 10.4. The number of ether oxygens (including phenoxy) is 3. The second-order valence-corrected chi connectivity index (χ2v) is 7.79. The number of benzene rings is 3. The summed E-state index contributed by atoms with van der Waals surface area (Å²) in [6.45, 7) is 3.75. The number of hydrogen-bond donors (Lipinski definition) is 0. The van der Waals surface area contributed by atoms with Gasteiger partial charge in [-0.3, -0.25) is 4.79 Å². The van der Waals surface area contributed by atoms with E-state index in [1.807, 2.05) is 43.3 Å². The van der Waals surface area contributed by atoms with Crippen LogP contribution in [0.15, 0.2) is 70.8 Å². The van der Waals surface area contributed by atoms with Crippen molar-refractivity contribution < 1.29 is 28.2 Å². The summed E-state index contributed by atoms with van der Waals surface area (Å²) in [5, 5.41) is 0.728. The summed E-state index contributed by atoms with van der Waals surface area (Å²) in [5.41, 5.74) is 3.52. The third kappa shape index (κ3) is 3.65. The lowest BCUT2D eigenvalue weighted by atomic mass is 10.0. The number of allylic oxidation sites excluding steroid dienone is 1. The van der Waals surface area contributed by atoms with Crippen LogP contribution in [0.25, 0.3) is 17.0 Å². The van der Waals surface area contributed by atoms with Crippen molar-refractivity contribution in [3.63, 3.8) is 0 Å². The number of carbonyl (C=O) groups excluding carboxylic acids is 2. The molecule has 1 aromatic heterocycles. The first kappa shape index (κ1) is 20.6. The van der Waals surface area contributed by atoms with Crippen molar-refractivity contribution in [1.29, 1.82) is 0 Å². The summed E-state index contributed by atoms with van der Waals surface area (Å²) in [5.74, 6) is 0.558. The highest BCUT2D eigenvalue weighted by Gasteiger charge is 2.30. The molecule has 0 bridgehead atoms. The summed E-state index contributed by atoms with van der Waals surface area (Å²) in [6.07, 6.45) is 1.73. The second-order valence-electron chi connectivity index (χ2n) is 7.79. The molecule has 0 fully saturated rings. The molecule has 0 radical (unpaired) electrons. The zero-order valence-corrected chi connectivity index (χ0v) is 18.3. The highest BCUT2D eigenvalue weighted by Crippen LogP contribution is 2.38. The number of methoxy groups -OCH3 is 1. The minimum Gasteiger partial charge on any atom is -0.493 e. The normalized spacial score (nSPS) is 13.8. The van der Waals surface area contributed by atoms with Gasteiger partial charge in [-0.05, 0) is 54.8 Å². The van der Waals surface area contributed by atoms with Gasteiger partial charge in [0, 0.05) is 11.5 Å². The van der Waals surface area contributed by atoms with Crippen LogP contribution in [0.3, 0.4) is 0 Å².